The van der Waals surface area contributed by atoms with E-state index in [4.69, 9.17) is 14.5 Å². The Balaban J connectivity index is 1.43. The van der Waals surface area contributed by atoms with Crippen LogP contribution in [0.3, 0.4) is 0 Å². The van der Waals surface area contributed by atoms with E-state index in [9.17, 15) is 0 Å². The van der Waals surface area contributed by atoms with Gasteiger partial charge < -0.3 is 20.1 Å². The lowest BCUT2D eigenvalue weighted by Crippen LogP contribution is -2.70. The Morgan fingerprint density at radius 2 is 1.96 bits per heavy atom. The number of ether oxygens (including phenoxy) is 2. The van der Waals surface area contributed by atoms with Crippen molar-refractivity contribution in [2.24, 2.45) is 21.7 Å². The fraction of sp³-hybridized carbons (Fsp3) is 0.952. The molecular formula is C21H37N3O2. The number of aliphatic imine (C=N–C) groups is 1. The molecule has 1 aliphatic heterocycles. The van der Waals surface area contributed by atoms with E-state index in [-0.39, 0.29) is 5.41 Å². The zero-order valence-corrected chi connectivity index (χ0v) is 17.0. The van der Waals surface area contributed by atoms with Gasteiger partial charge in [-0.05, 0) is 39.5 Å². The maximum absolute atomic E-state index is 6.07. The van der Waals surface area contributed by atoms with Gasteiger partial charge in [-0.15, -0.1) is 0 Å². The highest BCUT2D eigenvalue weighted by Crippen LogP contribution is 2.55. The van der Waals surface area contributed by atoms with Crippen molar-refractivity contribution in [3.8, 4) is 0 Å². The second-order valence-electron chi connectivity index (χ2n) is 9.33. The molecule has 1 spiro atoms. The molecule has 5 heteroatoms. The van der Waals surface area contributed by atoms with E-state index in [2.05, 4.69) is 38.3 Å². The van der Waals surface area contributed by atoms with E-state index < -0.39 is 0 Å². The normalized spacial score (nSPS) is 40.0. The number of nitrogens with zero attached hydrogens (tertiary/aromatic N) is 1. The smallest absolute Gasteiger partial charge is 0.191 e. The highest BCUT2D eigenvalue weighted by molar-refractivity contribution is 5.81. The van der Waals surface area contributed by atoms with Crippen LogP contribution in [-0.4, -0.2) is 50.0 Å². The van der Waals surface area contributed by atoms with Crippen LogP contribution in [0.15, 0.2) is 4.99 Å². The molecule has 0 aromatic heterocycles. The van der Waals surface area contributed by atoms with Gasteiger partial charge in [0.1, 0.15) is 0 Å². The molecule has 1 saturated heterocycles. The monoisotopic (exact) mass is 363 g/mol. The second-order valence-corrected chi connectivity index (χ2v) is 9.33. The van der Waals surface area contributed by atoms with Crippen LogP contribution in [0.2, 0.25) is 0 Å². The molecule has 3 saturated carbocycles. The van der Waals surface area contributed by atoms with E-state index >= 15 is 0 Å². The Morgan fingerprint density at radius 3 is 2.65 bits per heavy atom. The molecule has 5 atom stereocenters. The maximum Gasteiger partial charge on any atom is 0.191 e. The van der Waals surface area contributed by atoms with Gasteiger partial charge in [0.2, 0.25) is 0 Å². The molecule has 5 nitrogen and oxygen atoms in total. The highest BCUT2D eigenvalue weighted by atomic mass is 16.5. The highest BCUT2D eigenvalue weighted by Gasteiger charge is 2.60. The molecule has 0 aromatic carbocycles. The molecular weight excluding hydrogens is 326 g/mol. The summed E-state index contributed by atoms with van der Waals surface area (Å²) >= 11 is 0. The quantitative estimate of drug-likeness (QED) is 0.582. The third-order valence-electron chi connectivity index (χ3n) is 7.71. The van der Waals surface area contributed by atoms with Crippen LogP contribution < -0.4 is 10.6 Å². The van der Waals surface area contributed by atoms with Crippen LogP contribution >= 0.6 is 0 Å². The molecule has 2 N–H and O–H groups in total. The topological polar surface area (TPSA) is 54.9 Å². The van der Waals surface area contributed by atoms with E-state index in [1.165, 1.54) is 32.1 Å². The minimum Gasteiger partial charge on any atom is -0.378 e. The fourth-order valence-corrected chi connectivity index (χ4v) is 6.31. The number of hydrogen-bond acceptors (Lipinski definition) is 3. The number of hydrogen-bond donors (Lipinski definition) is 2. The van der Waals surface area contributed by atoms with Crippen molar-refractivity contribution in [1.29, 1.82) is 0 Å². The molecule has 148 valence electrons. The van der Waals surface area contributed by atoms with Crippen LogP contribution in [0, 0.1) is 16.7 Å². The summed E-state index contributed by atoms with van der Waals surface area (Å²) in [5.74, 6) is 1.63. The van der Waals surface area contributed by atoms with Crippen LogP contribution in [-0.2, 0) is 9.47 Å². The van der Waals surface area contributed by atoms with E-state index in [1.807, 2.05) is 0 Å². The average molecular weight is 364 g/mol. The molecule has 3 aliphatic carbocycles. The summed E-state index contributed by atoms with van der Waals surface area (Å²) in [5.41, 5.74) is 0.510. The number of nitrogens with one attached hydrogen (secondary N) is 2. The van der Waals surface area contributed by atoms with Crippen molar-refractivity contribution in [3.05, 3.63) is 0 Å². The first kappa shape index (κ1) is 18.5. The van der Waals surface area contributed by atoms with Gasteiger partial charge in [-0.1, -0.05) is 26.7 Å². The van der Waals surface area contributed by atoms with E-state index in [1.54, 1.807) is 0 Å². The lowest BCUT2D eigenvalue weighted by atomic mass is 9.57. The molecule has 4 fully saturated rings. The lowest BCUT2D eigenvalue weighted by molar-refractivity contribution is -0.126. The van der Waals surface area contributed by atoms with Crippen molar-refractivity contribution < 1.29 is 9.47 Å². The SMILES string of the molecule is CCN=C(NC1C2CCOC2C1(C)C)NC1CC(OCC)C12CCCC2. The second kappa shape index (κ2) is 6.97. The Labute approximate surface area is 158 Å². The van der Waals surface area contributed by atoms with Gasteiger partial charge in [0.05, 0.1) is 12.2 Å². The van der Waals surface area contributed by atoms with Crippen molar-refractivity contribution >= 4 is 5.96 Å². The molecule has 5 unspecified atom stereocenters. The molecule has 0 radical (unpaired) electrons. The first-order valence-electron chi connectivity index (χ1n) is 10.8. The van der Waals surface area contributed by atoms with Gasteiger partial charge in [0, 0.05) is 48.6 Å². The Hall–Kier alpha value is -0.810. The maximum atomic E-state index is 6.07. The van der Waals surface area contributed by atoms with Gasteiger partial charge in [0.15, 0.2) is 5.96 Å². The third-order valence-corrected chi connectivity index (χ3v) is 7.71. The molecule has 26 heavy (non-hydrogen) atoms. The van der Waals surface area contributed by atoms with Crippen LogP contribution in [0.1, 0.15) is 66.2 Å². The molecule has 4 aliphatic rings. The summed E-state index contributed by atoms with van der Waals surface area (Å²) in [7, 11) is 0. The summed E-state index contributed by atoms with van der Waals surface area (Å²) in [6.45, 7) is 11.4. The zero-order chi connectivity index (χ0) is 18.4. The van der Waals surface area contributed by atoms with Gasteiger partial charge in [0.25, 0.3) is 0 Å². The van der Waals surface area contributed by atoms with Crippen LogP contribution in [0.25, 0.3) is 0 Å². The summed E-state index contributed by atoms with van der Waals surface area (Å²) in [6.07, 6.45) is 8.40. The van der Waals surface area contributed by atoms with Gasteiger partial charge >= 0.3 is 0 Å². The van der Waals surface area contributed by atoms with Gasteiger partial charge in [-0.3, -0.25) is 4.99 Å². The fourth-order valence-electron chi connectivity index (χ4n) is 6.31. The van der Waals surface area contributed by atoms with Crippen molar-refractivity contribution in [2.45, 2.75) is 90.5 Å². The first-order chi connectivity index (χ1) is 12.5. The van der Waals surface area contributed by atoms with Gasteiger partial charge in [-0.2, -0.15) is 0 Å². The summed E-state index contributed by atoms with van der Waals surface area (Å²) in [5, 5.41) is 7.60. The minimum absolute atomic E-state index is 0.176. The van der Waals surface area contributed by atoms with Crippen molar-refractivity contribution in [1.82, 2.24) is 10.6 Å². The standard InChI is InChI=1S/C21H37N3O2/c1-5-22-19(24-17-14-9-12-26-18(14)20(17,3)4)23-15-13-16(25-6-2)21(15)10-7-8-11-21/h14-18H,5-13H2,1-4H3,(H2,22,23,24). The lowest BCUT2D eigenvalue weighted by Gasteiger charge is -2.57. The Kier molecular flexibility index (Phi) is 4.98. The van der Waals surface area contributed by atoms with Gasteiger partial charge in [-0.25, -0.2) is 0 Å². The van der Waals surface area contributed by atoms with Crippen molar-refractivity contribution in [3.63, 3.8) is 0 Å². The van der Waals surface area contributed by atoms with E-state index in [0.717, 1.165) is 32.1 Å². The van der Waals surface area contributed by atoms with Crippen molar-refractivity contribution in [2.75, 3.05) is 19.8 Å². The molecule has 4 rings (SSSR count). The zero-order valence-electron chi connectivity index (χ0n) is 17.0. The predicted molar refractivity (Wildman–Crippen MR) is 104 cm³/mol. The molecule has 0 aromatic rings. The summed E-state index contributed by atoms with van der Waals surface area (Å²) in [4.78, 5) is 4.79. The molecule has 1 heterocycles. The summed E-state index contributed by atoms with van der Waals surface area (Å²) < 4.78 is 12.0. The molecule has 0 amide bonds. The number of rotatable bonds is 5. The predicted octanol–water partition coefficient (Wildman–Crippen LogP) is 3.09. The Bertz CT molecular complexity index is 541. The average Bonchev–Trinajstić information content (AvgIpc) is 3.28. The number of guanidine groups is 1. The van der Waals surface area contributed by atoms with Crippen LogP contribution in [0.5, 0.6) is 0 Å². The number of fused-ring (bicyclic) bond motifs is 1. The third kappa shape index (κ3) is 2.77. The molecule has 0 bridgehead atoms. The van der Waals surface area contributed by atoms with E-state index in [0.29, 0.717) is 35.6 Å². The first-order valence-corrected chi connectivity index (χ1v) is 10.8. The minimum atomic E-state index is 0.176. The van der Waals surface area contributed by atoms with Crippen LogP contribution in [0.4, 0.5) is 0 Å². The summed E-state index contributed by atoms with van der Waals surface area (Å²) in [6, 6.07) is 0.952. The largest absolute Gasteiger partial charge is 0.378 e. The Morgan fingerprint density at radius 1 is 1.19 bits per heavy atom.